The quantitative estimate of drug-likeness (QED) is 0.0653. The van der Waals surface area contributed by atoms with E-state index >= 15 is 0 Å². The van der Waals surface area contributed by atoms with Crippen LogP contribution in [0, 0.1) is 23.7 Å². The Bertz CT molecular complexity index is 2230. The first-order chi connectivity index (χ1) is 29.2. The van der Waals surface area contributed by atoms with Gasteiger partial charge in [0.25, 0.3) is 0 Å². The van der Waals surface area contributed by atoms with E-state index in [9.17, 15) is 29.1 Å². The molecule has 10 heteroatoms. The Morgan fingerprint density at radius 2 is 1.00 bits per heavy atom. The predicted molar refractivity (Wildman–Crippen MR) is 224 cm³/mol. The molecule has 2 aliphatic heterocycles. The number of carbonyl (C=O) groups excluding carboxylic acids is 5. The predicted octanol–water partition coefficient (Wildman–Crippen LogP) is 7.80. The van der Waals surface area contributed by atoms with Crippen LogP contribution in [0.1, 0.15) is 57.5 Å². The Morgan fingerprint density at radius 1 is 0.567 bits per heavy atom. The fraction of sp³-hybridized carbons (Fsp3) is 0.260. The minimum Gasteiger partial charge on any atom is -0.462 e. The van der Waals surface area contributed by atoms with E-state index in [4.69, 9.17) is 18.9 Å². The van der Waals surface area contributed by atoms with E-state index in [1.807, 2.05) is 84.9 Å². The van der Waals surface area contributed by atoms with Gasteiger partial charge in [0.15, 0.2) is 5.78 Å². The van der Waals surface area contributed by atoms with Crippen molar-refractivity contribution in [3.05, 3.63) is 180 Å². The van der Waals surface area contributed by atoms with Crippen molar-refractivity contribution < 1.29 is 48.0 Å². The second kappa shape index (κ2) is 19.9. The molecule has 2 saturated heterocycles. The van der Waals surface area contributed by atoms with Gasteiger partial charge in [0, 0.05) is 36.5 Å². The summed E-state index contributed by atoms with van der Waals surface area (Å²) in [5.41, 5.74) is 2.89. The molecule has 2 heterocycles. The lowest BCUT2D eigenvalue weighted by molar-refractivity contribution is -0.143. The molecule has 4 aromatic rings. The number of fused-ring (bicyclic) bond motifs is 2. The summed E-state index contributed by atoms with van der Waals surface area (Å²) in [5, 5.41) is 10.3. The fourth-order valence-electron chi connectivity index (χ4n) is 8.22. The zero-order chi connectivity index (χ0) is 41.8. The third kappa shape index (κ3) is 10.9. The Kier molecular flexibility index (Phi) is 13.7. The molecular formula is C50H46O10. The molecule has 1 unspecified atom stereocenters. The molecule has 2 aliphatic carbocycles. The standard InChI is InChI=1S/C25H24O5.C25H22O5/c2*26-19(12-11-17-7-3-1-4-8-17)13-14-20-21-15-24(27)29-23(21)16-22(20)30-25(28)18-9-5-2-6-10-18/h1-14,19-23,26H,15-16H2;1-14,20-23H,15-16H2/b2*12-11+,14-13+/t19?,20-,21-,22-,23+;20-,21-,22-,23+/m11/s1. The van der Waals surface area contributed by atoms with Gasteiger partial charge in [-0.05, 0) is 47.5 Å². The van der Waals surface area contributed by atoms with Crippen molar-refractivity contribution in [2.24, 2.45) is 23.7 Å². The van der Waals surface area contributed by atoms with E-state index in [2.05, 4.69) is 0 Å². The Morgan fingerprint density at radius 3 is 1.48 bits per heavy atom. The summed E-state index contributed by atoms with van der Waals surface area (Å²) < 4.78 is 22.3. The zero-order valence-corrected chi connectivity index (χ0v) is 32.8. The molecule has 4 aromatic carbocycles. The monoisotopic (exact) mass is 806 g/mol. The highest BCUT2D eigenvalue weighted by molar-refractivity contribution is 6.02. The lowest BCUT2D eigenvalue weighted by Gasteiger charge is -2.20. The second-order valence-corrected chi connectivity index (χ2v) is 15.2. The summed E-state index contributed by atoms with van der Waals surface area (Å²) in [4.78, 5) is 60.8. The van der Waals surface area contributed by atoms with E-state index in [0.717, 1.165) is 11.1 Å². The Labute approximate surface area is 348 Å². The highest BCUT2D eigenvalue weighted by atomic mass is 16.6. The lowest BCUT2D eigenvalue weighted by Crippen LogP contribution is -2.25. The van der Waals surface area contributed by atoms with E-state index in [0.29, 0.717) is 30.4 Å². The normalized spacial score (nSPS) is 26.0. The number of ether oxygens (including phenoxy) is 4. The van der Waals surface area contributed by atoms with Crippen molar-refractivity contribution in [2.45, 2.75) is 56.2 Å². The van der Waals surface area contributed by atoms with Crippen LogP contribution in [0.2, 0.25) is 0 Å². The summed E-state index contributed by atoms with van der Waals surface area (Å²) in [6, 6.07) is 36.9. The number of allylic oxidation sites excluding steroid dienone is 2. The minimum atomic E-state index is -0.784. The first kappa shape index (κ1) is 41.5. The van der Waals surface area contributed by atoms with Crippen molar-refractivity contribution in [1.82, 2.24) is 0 Å². The van der Waals surface area contributed by atoms with Gasteiger partial charge in [-0.2, -0.15) is 0 Å². The summed E-state index contributed by atoms with van der Waals surface area (Å²) in [7, 11) is 0. The maximum atomic E-state index is 12.5. The van der Waals surface area contributed by atoms with Gasteiger partial charge >= 0.3 is 23.9 Å². The molecular weight excluding hydrogens is 761 g/mol. The summed E-state index contributed by atoms with van der Waals surface area (Å²) in [6.45, 7) is 0. The Balaban J connectivity index is 0.000000181. The second-order valence-electron chi connectivity index (χ2n) is 15.2. The van der Waals surface area contributed by atoms with E-state index < -0.39 is 30.3 Å². The van der Waals surface area contributed by atoms with Crippen LogP contribution in [-0.4, -0.2) is 65.3 Å². The number of benzene rings is 4. The largest absolute Gasteiger partial charge is 0.462 e. The number of hydrogen-bond acceptors (Lipinski definition) is 10. The Hall–Kier alpha value is -6.65. The van der Waals surface area contributed by atoms with Crippen LogP contribution in [0.5, 0.6) is 0 Å². The first-order valence-corrected chi connectivity index (χ1v) is 20.2. The average Bonchev–Trinajstić information content (AvgIpc) is 4.00. The number of aliphatic hydroxyl groups is 1. The molecule has 0 amide bonds. The van der Waals surface area contributed by atoms with E-state index in [1.54, 1.807) is 72.8 Å². The molecule has 2 saturated carbocycles. The lowest BCUT2D eigenvalue weighted by atomic mass is 9.91. The average molecular weight is 807 g/mol. The van der Waals surface area contributed by atoms with Crippen LogP contribution in [0.15, 0.2) is 158 Å². The molecule has 4 aliphatic rings. The van der Waals surface area contributed by atoms with Crippen LogP contribution in [0.25, 0.3) is 12.2 Å². The summed E-state index contributed by atoms with van der Waals surface area (Å²) in [5.74, 6) is -2.01. The minimum absolute atomic E-state index is 0.0485. The maximum absolute atomic E-state index is 12.5. The van der Waals surface area contributed by atoms with Gasteiger partial charge in [0.05, 0.1) is 30.1 Å². The van der Waals surface area contributed by atoms with Gasteiger partial charge in [-0.25, -0.2) is 9.59 Å². The van der Waals surface area contributed by atoms with E-state index in [-0.39, 0.29) is 60.0 Å². The van der Waals surface area contributed by atoms with Crippen LogP contribution < -0.4 is 0 Å². The molecule has 9 atom stereocenters. The molecule has 0 bridgehead atoms. The van der Waals surface area contributed by atoms with Gasteiger partial charge in [0.1, 0.15) is 24.4 Å². The molecule has 306 valence electrons. The molecule has 4 fully saturated rings. The fourth-order valence-corrected chi connectivity index (χ4v) is 8.22. The molecule has 0 spiro atoms. The summed E-state index contributed by atoms with van der Waals surface area (Å²) in [6.07, 6.45) is 12.9. The molecule has 10 nitrogen and oxygen atoms in total. The smallest absolute Gasteiger partial charge is 0.338 e. The van der Waals surface area contributed by atoms with Crippen molar-refractivity contribution in [3.63, 3.8) is 0 Å². The van der Waals surface area contributed by atoms with Gasteiger partial charge in [-0.1, -0.05) is 134 Å². The molecule has 0 radical (unpaired) electrons. The maximum Gasteiger partial charge on any atom is 0.338 e. The molecule has 1 N–H and O–H groups in total. The van der Waals surface area contributed by atoms with Crippen molar-refractivity contribution in [1.29, 1.82) is 0 Å². The molecule has 60 heavy (non-hydrogen) atoms. The SMILES string of the molecule is O=C(/C=C/c1ccccc1)/C=C/[C@@H]1[C@H]2CC(=O)O[C@H]2C[C@H]1OC(=O)c1ccccc1.O=C1C[C@@H]2[C@@H](/C=C/C(O)/C=C/c3ccccc3)[C@H](OC(=O)c3ccccc3)C[C@@H]2O1. The first-order valence-electron chi connectivity index (χ1n) is 20.2. The third-order valence-electron chi connectivity index (χ3n) is 11.2. The van der Waals surface area contributed by atoms with Crippen LogP contribution in [0.3, 0.4) is 0 Å². The highest BCUT2D eigenvalue weighted by Crippen LogP contribution is 2.45. The van der Waals surface area contributed by atoms with Gasteiger partial charge < -0.3 is 24.1 Å². The summed E-state index contributed by atoms with van der Waals surface area (Å²) >= 11 is 0. The van der Waals surface area contributed by atoms with Crippen LogP contribution >= 0.6 is 0 Å². The highest BCUT2D eigenvalue weighted by Gasteiger charge is 2.52. The van der Waals surface area contributed by atoms with Gasteiger partial charge in [-0.3, -0.25) is 14.4 Å². The topological polar surface area (TPSA) is 142 Å². The number of esters is 4. The molecule has 8 rings (SSSR count). The van der Waals surface area contributed by atoms with Crippen LogP contribution in [-0.2, 0) is 33.3 Å². The molecule has 0 aromatic heterocycles. The van der Waals surface area contributed by atoms with E-state index in [1.165, 1.54) is 12.2 Å². The van der Waals surface area contributed by atoms with Crippen molar-refractivity contribution in [2.75, 3.05) is 0 Å². The van der Waals surface area contributed by atoms with Crippen molar-refractivity contribution in [3.8, 4) is 0 Å². The number of rotatable bonds is 12. The number of ketones is 1. The van der Waals surface area contributed by atoms with Crippen LogP contribution in [0.4, 0.5) is 0 Å². The van der Waals surface area contributed by atoms with Gasteiger partial charge in [0.2, 0.25) is 0 Å². The number of aliphatic hydroxyl groups excluding tert-OH is 1. The zero-order valence-electron chi connectivity index (χ0n) is 32.8. The third-order valence-corrected chi connectivity index (χ3v) is 11.2. The number of hydrogen-bond donors (Lipinski definition) is 1. The van der Waals surface area contributed by atoms with Gasteiger partial charge in [-0.15, -0.1) is 0 Å². The van der Waals surface area contributed by atoms with Crippen molar-refractivity contribution >= 4 is 41.8 Å². The number of carbonyl (C=O) groups is 5.